The molecule has 2 heteroatoms. The number of fused-ring (bicyclic) bond motifs is 1. The molecule has 0 aliphatic heterocycles. The summed E-state index contributed by atoms with van der Waals surface area (Å²) in [6.45, 7) is 2.51. The van der Waals surface area contributed by atoms with Gasteiger partial charge in [0.05, 0.1) is 0 Å². The molecule has 14 heavy (non-hydrogen) atoms. The zero-order valence-electron chi connectivity index (χ0n) is 8.16. The van der Waals surface area contributed by atoms with Gasteiger partial charge < -0.3 is 10.2 Å². The summed E-state index contributed by atoms with van der Waals surface area (Å²) in [5.74, 6) is 0.939. The van der Waals surface area contributed by atoms with Gasteiger partial charge in [-0.25, -0.2) is 0 Å². The topological polar surface area (TPSA) is 39.2 Å². The highest BCUT2D eigenvalue weighted by atomic mass is 16.3. The molecule has 0 saturated heterocycles. The van der Waals surface area contributed by atoms with Crippen LogP contribution in [0.25, 0.3) is 17.0 Å². The quantitative estimate of drug-likeness (QED) is 0.785. The zero-order valence-corrected chi connectivity index (χ0v) is 8.16. The minimum absolute atomic E-state index is 0.552. The maximum Gasteiger partial charge on any atom is 0.141 e. The number of furan rings is 1. The van der Waals surface area contributed by atoms with E-state index in [0.29, 0.717) is 6.54 Å². The monoisotopic (exact) mass is 187 g/mol. The summed E-state index contributed by atoms with van der Waals surface area (Å²) in [6.07, 6.45) is 3.91. The lowest BCUT2D eigenvalue weighted by molar-refractivity contribution is 0.578. The molecule has 72 valence electrons. The first-order valence-electron chi connectivity index (χ1n) is 4.67. The lowest BCUT2D eigenvalue weighted by atomic mass is 10.1. The van der Waals surface area contributed by atoms with E-state index in [9.17, 15) is 0 Å². The van der Waals surface area contributed by atoms with Gasteiger partial charge in [-0.3, -0.25) is 0 Å². The van der Waals surface area contributed by atoms with Gasteiger partial charge in [0.2, 0.25) is 0 Å². The third-order valence-corrected chi connectivity index (χ3v) is 2.13. The molecular formula is C12H13NO. The normalized spacial score (nSPS) is 11.6. The Labute approximate surface area is 83.0 Å². The van der Waals surface area contributed by atoms with Crippen molar-refractivity contribution in [3.05, 3.63) is 41.7 Å². The molecule has 0 atom stereocenters. The van der Waals surface area contributed by atoms with Gasteiger partial charge in [0.15, 0.2) is 0 Å². The Morgan fingerprint density at radius 3 is 3.07 bits per heavy atom. The van der Waals surface area contributed by atoms with Crippen molar-refractivity contribution in [3.63, 3.8) is 0 Å². The molecule has 0 bridgehead atoms. The average Bonchev–Trinajstić information content (AvgIpc) is 2.55. The molecule has 0 amide bonds. The first-order chi connectivity index (χ1) is 6.81. The number of aryl methyl sites for hydroxylation is 1. The van der Waals surface area contributed by atoms with Gasteiger partial charge in [0, 0.05) is 17.5 Å². The fourth-order valence-corrected chi connectivity index (χ4v) is 1.54. The second-order valence-corrected chi connectivity index (χ2v) is 3.26. The predicted octanol–water partition coefficient (Wildman–Crippen LogP) is 2.71. The van der Waals surface area contributed by atoms with Gasteiger partial charge in [-0.15, -0.1) is 0 Å². The maximum atomic E-state index is 5.60. The molecule has 1 aromatic carbocycles. The lowest BCUT2D eigenvalue weighted by Crippen LogP contribution is -1.91. The molecule has 2 nitrogen and oxygen atoms in total. The molecule has 0 aliphatic rings. The van der Waals surface area contributed by atoms with Gasteiger partial charge >= 0.3 is 0 Å². The molecule has 1 aromatic heterocycles. The number of benzene rings is 1. The highest BCUT2D eigenvalue weighted by molar-refractivity contribution is 5.86. The van der Waals surface area contributed by atoms with Crippen LogP contribution in [0.3, 0.4) is 0 Å². The van der Waals surface area contributed by atoms with Crippen molar-refractivity contribution in [1.82, 2.24) is 0 Å². The molecule has 0 radical (unpaired) electrons. The Morgan fingerprint density at radius 2 is 2.29 bits per heavy atom. The van der Waals surface area contributed by atoms with Gasteiger partial charge in [-0.1, -0.05) is 30.4 Å². The fraction of sp³-hybridized carbons (Fsp3) is 0.167. The van der Waals surface area contributed by atoms with Crippen molar-refractivity contribution in [3.8, 4) is 0 Å². The number of nitrogens with two attached hydrogens (primary N) is 1. The number of para-hydroxylation sites is 1. The lowest BCUT2D eigenvalue weighted by Gasteiger charge is -1.94. The van der Waals surface area contributed by atoms with Crippen molar-refractivity contribution in [2.45, 2.75) is 6.92 Å². The average molecular weight is 187 g/mol. The third kappa shape index (κ3) is 1.56. The summed E-state index contributed by atoms with van der Waals surface area (Å²) in [5, 5.41) is 1.14. The van der Waals surface area contributed by atoms with E-state index in [-0.39, 0.29) is 0 Å². The Kier molecular flexibility index (Phi) is 2.37. The minimum Gasteiger partial charge on any atom is -0.461 e. The van der Waals surface area contributed by atoms with E-state index < -0.39 is 0 Å². The molecule has 2 rings (SSSR count). The van der Waals surface area contributed by atoms with Crippen molar-refractivity contribution in [2.24, 2.45) is 5.73 Å². The van der Waals surface area contributed by atoms with Crippen LogP contribution in [0.4, 0.5) is 0 Å². The molecule has 2 aromatic rings. The highest BCUT2D eigenvalue weighted by Gasteiger charge is 2.02. The van der Waals surface area contributed by atoms with E-state index in [4.69, 9.17) is 10.2 Å². The second-order valence-electron chi connectivity index (χ2n) is 3.26. The minimum atomic E-state index is 0.552. The molecule has 1 heterocycles. The number of rotatable bonds is 2. The number of hydrogen-bond acceptors (Lipinski definition) is 2. The van der Waals surface area contributed by atoms with Crippen LogP contribution < -0.4 is 5.73 Å². The van der Waals surface area contributed by atoms with Crippen LogP contribution in [0, 0.1) is 6.92 Å². The summed E-state index contributed by atoms with van der Waals surface area (Å²) in [7, 11) is 0. The molecule has 0 aliphatic carbocycles. The van der Waals surface area contributed by atoms with Gasteiger partial charge in [0.25, 0.3) is 0 Å². The first-order valence-corrected chi connectivity index (χ1v) is 4.67. The largest absolute Gasteiger partial charge is 0.461 e. The highest BCUT2D eigenvalue weighted by Crippen LogP contribution is 2.23. The van der Waals surface area contributed by atoms with Crippen molar-refractivity contribution in [1.29, 1.82) is 0 Å². The SMILES string of the molecule is Cc1cc2cccc(/C=C/CN)c2o1. The third-order valence-electron chi connectivity index (χ3n) is 2.13. The fourth-order valence-electron chi connectivity index (χ4n) is 1.54. The van der Waals surface area contributed by atoms with Crippen molar-refractivity contribution >= 4 is 17.0 Å². The Balaban J connectivity index is 2.58. The molecule has 0 unspecified atom stereocenters. The Bertz CT molecular complexity index is 468. The summed E-state index contributed by atoms with van der Waals surface area (Å²) < 4.78 is 5.60. The van der Waals surface area contributed by atoms with E-state index in [1.54, 1.807) is 0 Å². The van der Waals surface area contributed by atoms with Crippen LogP contribution in [-0.4, -0.2) is 6.54 Å². The van der Waals surface area contributed by atoms with Crippen molar-refractivity contribution in [2.75, 3.05) is 6.54 Å². The Hall–Kier alpha value is -1.54. The zero-order chi connectivity index (χ0) is 9.97. The van der Waals surface area contributed by atoms with E-state index in [0.717, 1.165) is 22.3 Å². The van der Waals surface area contributed by atoms with E-state index in [2.05, 4.69) is 0 Å². The van der Waals surface area contributed by atoms with E-state index >= 15 is 0 Å². The van der Waals surface area contributed by atoms with Crippen LogP contribution in [-0.2, 0) is 0 Å². The first kappa shape index (κ1) is 9.03. The van der Waals surface area contributed by atoms with Crippen LogP contribution in [0.2, 0.25) is 0 Å². The summed E-state index contributed by atoms with van der Waals surface area (Å²) >= 11 is 0. The Morgan fingerprint density at radius 1 is 1.43 bits per heavy atom. The van der Waals surface area contributed by atoms with Gasteiger partial charge in [-0.2, -0.15) is 0 Å². The molecule has 0 spiro atoms. The molecule has 0 fully saturated rings. The van der Waals surface area contributed by atoms with Crippen LogP contribution in [0.1, 0.15) is 11.3 Å². The standard InChI is InChI=1S/C12H13NO/c1-9-8-11-5-2-4-10(6-3-7-13)12(11)14-9/h2-6,8H,7,13H2,1H3/b6-3+. The summed E-state index contributed by atoms with van der Waals surface area (Å²) in [4.78, 5) is 0. The summed E-state index contributed by atoms with van der Waals surface area (Å²) in [5.41, 5.74) is 7.43. The van der Waals surface area contributed by atoms with Crippen LogP contribution >= 0.6 is 0 Å². The van der Waals surface area contributed by atoms with Gasteiger partial charge in [0.1, 0.15) is 11.3 Å². The maximum absolute atomic E-state index is 5.60. The van der Waals surface area contributed by atoms with Gasteiger partial charge in [-0.05, 0) is 13.0 Å². The van der Waals surface area contributed by atoms with E-state index in [1.165, 1.54) is 0 Å². The predicted molar refractivity (Wildman–Crippen MR) is 59.0 cm³/mol. The molecule has 2 N–H and O–H groups in total. The van der Waals surface area contributed by atoms with Crippen LogP contribution in [0.15, 0.2) is 34.8 Å². The van der Waals surface area contributed by atoms with Crippen LogP contribution in [0.5, 0.6) is 0 Å². The molecule has 0 saturated carbocycles. The number of hydrogen-bond donors (Lipinski definition) is 1. The summed E-state index contributed by atoms with van der Waals surface area (Å²) in [6, 6.07) is 8.13. The van der Waals surface area contributed by atoms with Crippen molar-refractivity contribution < 1.29 is 4.42 Å². The van der Waals surface area contributed by atoms with E-state index in [1.807, 2.05) is 43.3 Å². The second kappa shape index (κ2) is 3.68. The molecular weight excluding hydrogens is 174 g/mol. The smallest absolute Gasteiger partial charge is 0.141 e.